The van der Waals surface area contributed by atoms with Gasteiger partial charge in [-0.05, 0) is 23.8 Å². The molecule has 0 bridgehead atoms. The number of rotatable bonds is 2. The summed E-state index contributed by atoms with van der Waals surface area (Å²) in [5.41, 5.74) is 7.58. The molecular formula is C8H11ClN2. The lowest BCUT2D eigenvalue weighted by Crippen LogP contribution is -2.01. The second-order valence-corrected chi connectivity index (χ2v) is 2.69. The highest BCUT2D eigenvalue weighted by molar-refractivity contribution is 6.30. The van der Waals surface area contributed by atoms with Gasteiger partial charge in [-0.3, -0.25) is 0 Å². The van der Waals surface area contributed by atoms with Crippen LogP contribution in [0.15, 0.2) is 18.2 Å². The first-order valence-electron chi connectivity index (χ1n) is 3.44. The fourth-order valence-corrected chi connectivity index (χ4v) is 1.17. The van der Waals surface area contributed by atoms with Gasteiger partial charge in [-0.15, -0.1) is 0 Å². The van der Waals surface area contributed by atoms with Gasteiger partial charge in [0.1, 0.15) is 0 Å². The molecule has 0 heterocycles. The van der Waals surface area contributed by atoms with E-state index < -0.39 is 0 Å². The Bertz CT molecular complexity index is 248. The van der Waals surface area contributed by atoms with Crippen LogP contribution in [0, 0.1) is 0 Å². The van der Waals surface area contributed by atoms with Gasteiger partial charge < -0.3 is 11.1 Å². The van der Waals surface area contributed by atoms with Crippen LogP contribution in [-0.4, -0.2) is 7.05 Å². The van der Waals surface area contributed by atoms with Crippen molar-refractivity contribution in [2.75, 3.05) is 12.4 Å². The van der Waals surface area contributed by atoms with Crippen LogP contribution in [0.1, 0.15) is 5.56 Å². The molecule has 60 valence electrons. The summed E-state index contributed by atoms with van der Waals surface area (Å²) in [5.74, 6) is 0. The molecular weight excluding hydrogens is 160 g/mol. The van der Waals surface area contributed by atoms with Crippen LogP contribution < -0.4 is 11.1 Å². The number of halogens is 1. The summed E-state index contributed by atoms with van der Waals surface area (Å²) in [7, 11) is 1.86. The van der Waals surface area contributed by atoms with Gasteiger partial charge in [0.15, 0.2) is 0 Å². The maximum absolute atomic E-state index is 5.77. The van der Waals surface area contributed by atoms with E-state index in [4.69, 9.17) is 17.3 Å². The van der Waals surface area contributed by atoms with E-state index in [1.807, 2.05) is 25.2 Å². The van der Waals surface area contributed by atoms with E-state index in [0.29, 0.717) is 6.54 Å². The zero-order valence-corrected chi connectivity index (χ0v) is 7.15. The summed E-state index contributed by atoms with van der Waals surface area (Å²) in [5, 5.41) is 3.76. The molecule has 0 saturated heterocycles. The normalized spacial score (nSPS) is 9.73. The average Bonchev–Trinajstić information content (AvgIpc) is 2.04. The highest BCUT2D eigenvalue weighted by Crippen LogP contribution is 2.19. The van der Waals surface area contributed by atoms with Gasteiger partial charge in [0, 0.05) is 24.3 Å². The third-order valence-corrected chi connectivity index (χ3v) is 1.79. The van der Waals surface area contributed by atoms with Crippen LogP contribution in [0.5, 0.6) is 0 Å². The van der Waals surface area contributed by atoms with E-state index in [-0.39, 0.29) is 0 Å². The lowest BCUT2D eigenvalue weighted by Gasteiger charge is -2.06. The SMILES string of the molecule is CNc1ccc(Cl)cc1CN. The van der Waals surface area contributed by atoms with E-state index in [1.54, 1.807) is 0 Å². The molecule has 0 saturated carbocycles. The Hall–Kier alpha value is -0.730. The molecule has 1 aromatic carbocycles. The maximum Gasteiger partial charge on any atom is 0.0410 e. The second-order valence-electron chi connectivity index (χ2n) is 2.26. The summed E-state index contributed by atoms with van der Waals surface area (Å²) >= 11 is 5.77. The molecule has 0 aliphatic carbocycles. The van der Waals surface area contributed by atoms with Crippen molar-refractivity contribution in [3.63, 3.8) is 0 Å². The largest absolute Gasteiger partial charge is 0.388 e. The van der Waals surface area contributed by atoms with E-state index in [1.165, 1.54) is 0 Å². The lowest BCUT2D eigenvalue weighted by atomic mass is 10.2. The first-order chi connectivity index (χ1) is 5.27. The first kappa shape index (κ1) is 8.37. The molecule has 0 atom stereocenters. The Morgan fingerprint density at radius 1 is 1.55 bits per heavy atom. The number of benzene rings is 1. The van der Waals surface area contributed by atoms with Gasteiger partial charge in [0.25, 0.3) is 0 Å². The third kappa shape index (κ3) is 1.85. The summed E-state index contributed by atoms with van der Waals surface area (Å²) in [6.45, 7) is 0.511. The van der Waals surface area contributed by atoms with Crippen molar-refractivity contribution in [3.8, 4) is 0 Å². The molecule has 0 aromatic heterocycles. The number of nitrogens with one attached hydrogen (secondary N) is 1. The monoisotopic (exact) mass is 170 g/mol. The molecule has 1 rings (SSSR count). The molecule has 0 spiro atoms. The molecule has 3 heteroatoms. The van der Waals surface area contributed by atoms with Gasteiger partial charge in [-0.25, -0.2) is 0 Å². The lowest BCUT2D eigenvalue weighted by molar-refractivity contribution is 1.07. The zero-order chi connectivity index (χ0) is 8.27. The molecule has 0 fully saturated rings. The summed E-state index contributed by atoms with van der Waals surface area (Å²) in [4.78, 5) is 0. The van der Waals surface area contributed by atoms with Crippen molar-refractivity contribution in [3.05, 3.63) is 28.8 Å². The molecule has 0 amide bonds. The van der Waals surface area contributed by atoms with Crippen molar-refractivity contribution < 1.29 is 0 Å². The van der Waals surface area contributed by atoms with Gasteiger partial charge in [-0.1, -0.05) is 11.6 Å². The summed E-state index contributed by atoms with van der Waals surface area (Å²) in [6, 6.07) is 5.63. The Morgan fingerprint density at radius 3 is 2.82 bits per heavy atom. The van der Waals surface area contributed by atoms with E-state index in [0.717, 1.165) is 16.3 Å². The molecule has 1 aromatic rings. The van der Waals surface area contributed by atoms with Crippen LogP contribution in [0.2, 0.25) is 5.02 Å². The smallest absolute Gasteiger partial charge is 0.0410 e. The van der Waals surface area contributed by atoms with Crippen LogP contribution in [0.3, 0.4) is 0 Å². The van der Waals surface area contributed by atoms with Crippen molar-refractivity contribution in [2.24, 2.45) is 5.73 Å². The Balaban J connectivity index is 3.06. The minimum atomic E-state index is 0.511. The third-order valence-electron chi connectivity index (χ3n) is 1.56. The second kappa shape index (κ2) is 3.60. The van der Waals surface area contributed by atoms with Crippen LogP contribution >= 0.6 is 11.6 Å². The van der Waals surface area contributed by atoms with Crippen LogP contribution in [-0.2, 0) is 6.54 Å². The minimum absolute atomic E-state index is 0.511. The maximum atomic E-state index is 5.77. The number of nitrogens with two attached hydrogens (primary N) is 1. The quantitative estimate of drug-likeness (QED) is 0.711. The molecule has 3 N–H and O–H groups in total. The highest BCUT2D eigenvalue weighted by atomic mass is 35.5. The molecule has 0 aliphatic rings. The highest BCUT2D eigenvalue weighted by Gasteiger charge is 1.98. The van der Waals surface area contributed by atoms with Crippen LogP contribution in [0.25, 0.3) is 0 Å². The number of anilines is 1. The predicted octanol–water partition coefficient (Wildman–Crippen LogP) is 1.84. The Labute approximate surface area is 71.4 Å². The van der Waals surface area contributed by atoms with Crippen molar-refractivity contribution in [1.29, 1.82) is 0 Å². The fourth-order valence-electron chi connectivity index (χ4n) is 0.975. The zero-order valence-electron chi connectivity index (χ0n) is 6.39. The van der Waals surface area contributed by atoms with Gasteiger partial charge >= 0.3 is 0 Å². The molecule has 11 heavy (non-hydrogen) atoms. The van der Waals surface area contributed by atoms with E-state index in [9.17, 15) is 0 Å². The average molecular weight is 171 g/mol. The van der Waals surface area contributed by atoms with Gasteiger partial charge in [0.2, 0.25) is 0 Å². The summed E-state index contributed by atoms with van der Waals surface area (Å²) < 4.78 is 0. The van der Waals surface area contributed by atoms with Crippen molar-refractivity contribution in [1.82, 2.24) is 0 Å². The minimum Gasteiger partial charge on any atom is -0.388 e. The Morgan fingerprint density at radius 2 is 2.27 bits per heavy atom. The molecule has 2 nitrogen and oxygen atoms in total. The number of hydrogen-bond acceptors (Lipinski definition) is 2. The van der Waals surface area contributed by atoms with E-state index >= 15 is 0 Å². The van der Waals surface area contributed by atoms with Crippen molar-refractivity contribution in [2.45, 2.75) is 6.54 Å². The topological polar surface area (TPSA) is 38.0 Å². The van der Waals surface area contributed by atoms with E-state index in [2.05, 4.69) is 5.32 Å². The fraction of sp³-hybridized carbons (Fsp3) is 0.250. The van der Waals surface area contributed by atoms with Gasteiger partial charge in [-0.2, -0.15) is 0 Å². The predicted molar refractivity (Wildman–Crippen MR) is 48.9 cm³/mol. The Kier molecular flexibility index (Phi) is 2.74. The number of hydrogen-bond donors (Lipinski definition) is 2. The standard InChI is InChI=1S/C8H11ClN2/c1-11-8-3-2-7(9)4-6(8)5-10/h2-4,11H,5,10H2,1H3. The first-order valence-corrected chi connectivity index (χ1v) is 3.82. The van der Waals surface area contributed by atoms with Crippen LogP contribution in [0.4, 0.5) is 5.69 Å². The molecule has 0 radical (unpaired) electrons. The summed E-state index contributed by atoms with van der Waals surface area (Å²) in [6.07, 6.45) is 0. The molecule has 0 aliphatic heterocycles. The van der Waals surface area contributed by atoms with Gasteiger partial charge in [0.05, 0.1) is 0 Å². The van der Waals surface area contributed by atoms with Crippen molar-refractivity contribution >= 4 is 17.3 Å². The molecule has 0 unspecified atom stereocenters.